The van der Waals surface area contributed by atoms with E-state index in [1.54, 1.807) is 12.1 Å². The monoisotopic (exact) mass is 650 g/mol. The van der Waals surface area contributed by atoms with Gasteiger partial charge in [0, 0.05) is 41.0 Å². The smallest absolute Gasteiger partial charge is 0.303 e. The molecule has 9 nitrogen and oxygen atoms in total. The van der Waals surface area contributed by atoms with E-state index in [9.17, 15) is 14.7 Å². The minimum Gasteiger partial charge on any atom is -0.481 e. The number of ether oxygens (including phenoxy) is 2. The van der Waals surface area contributed by atoms with Crippen LogP contribution in [0.25, 0.3) is 22.6 Å². The summed E-state index contributed by atoms with van der Waals surface area (Å²) >= 11 is 1.49. The van der Waals surface area contributed by atoms with Crippen LogP contribution in [0.1, 0.15) is 48.3 Å². The number of hydrogen-bond acceptors (Lipinski definition) is 8. The summed E-state index contributed by atoms with van der Waals surface area (Å²) in [4.78, 5) is 27.8. The van der Waals surface area contributed by atoms with Crippen LogP contribution in [0.15, 0.2) is 119 Å². The molecular formula is C37H34N2O7S. The average molecular weight is 651 g/mol. The highest BCUT2D eigenvalue weighted by Gasteiger charge is 2.33. The van der Waals surface area contributed by atoms with Gasteiger partial charge in [-0.05, 0) is 23.3 Å². The number of carbonyl (C=O) groups excluding carboxylic acids is 1. The molecule has 5 aromatic rings. The van der Waals surface area contributed by atoms with Crippen LogP contribution in [0, 0.1) is 0 Å². The molecular weight excluding hydrogens is 616 g/mol. The number of benzene rings is 4. The first-order valence-electron chi connectivity index (χ1n) is 15.3. The van der Waals surface area contributed by atoms with Crippen molar-refractivity contribution in [2.45, 2.75) is 49.6 Å². The fourth-order valence-corrected chi connectivity index (χ4v) is 6.13. The van der Waals surface area contributed by atoms with Crippen LogP contribution >= 0.6 is 11.8 Å². The summed E-state index contributed by atoms with van der Waals surface area (Å²) < 4.78 is 19.3. The topological polar surface area (TPSA) is 131 Å². The van der Waals surface area contributed by atoms with Crippen molar-refractivity contribution in [2.24, 2.45) is 0 Å². The zero-order valence-corrected chi connectivity index (χ0v) is 26.3. The average Bonchev–Trinajstić information content (AvgIpc) is 3.55. The second kappa shape index (κ2) is 15.2. The van der Waals surface area contributed by atoms with Crippen LogP contribution < -0.4 is 5.32 Å². The molecule has 6 rings (SSSR count). The van der Waals surface area contributed by atoms with Gasteiger partial charge in [0.2, 0.25) is 5.91 Å². The molecule has 0 spiro atoms. The molecule has 0 bridgehead atoms. The van der Waals surface area contributed by atoms with E-state index in [1.807, 2.05) is 97.1 Å². The largest absolute Gasteiger partial charge is 0.481 e. The Kier molecular flexibility index (Phi) is 10.4. The van der Waals surface area contributed by atoms with Crippen LogP contribution in [0.5, 0.6) is 0 Å². The molecule has 3 atom stereocenters. The van der Waals surface area contributed by atoms with Crippen molar-refractivity contribution < 1.29 is 33.7 Å². The number of aromatic nitrogens is 1. The van der Waals surface area contributed by atoms with E-state index < -0.39 is 12.3 Å². The number of amides is 1. The number of nitrogens with one attached hydrogen (secondary N) is 1. The van der Waals surface area contributed by atoms with E-state index in [2.05, 4.69) is 5.32 Å². The number of aliphatic carboxylic acids is 1. The zero-order valence-electron chi connectivity index (χ0n) is 25.5. The summed E-state index contributed by atoms with van der Waals surface area (Å²) in [6, 6.07) is 34.7. The van der Waals surface area contributed by atoms with Crippen molar-refractivity contribution >= 4 is 29.3 Å². The van der Waals surface area contributed by atoms with Gasteiger partial charge in [-0.2, -0.15) is 0 Å². The Bertz CT molecular complexity index is 1720. The van der Waals surface area contributed by atoms with E-state index >= 15 is 0 Å². The van der Waals surface area contributed by atoms with Gasteiger partial charge >= 0.3 is 5.97 Å². The van der Waals surface area contributed by atoms with Crippen LogP contribution in [0.2, 0.25) is 0 Å². The number of thioether (sulfide) groups is 1. The Balaban J connectivity index is 1.21. The van der Waals surface area contributed by atoms with Crippen LogP contribution in [-0.4, -0.2) is 38.9 Å². The molecule has 2 heterocycles. The molecule has 4 aromatic carbocycles. The van der Waals surface area contributed by atoms with Gasteiger partial charge in [-0.25, -0.2) is 4.98 Å². The SMILES string of the molecule is O=C(O)CCC(=O)Nc1ccc(C2OC(CSc3nc(-c4ccccc4)c(-c4ccccc4)o3)CC(c3ccc(CO)cc3)O2)cc1. The quantitative estimate of drug-likeness (QED) is 0.117. The molecule has 1 aliphatic rings. The first kappa shape index (κ1) is 32.2. The first-order chi connectivity index (χ1) is 22.9. The second-order valence-electron chi connectivity index (χ2n) is 11.1. The predicted octanol–water partition coefficient (Wildman–Crippen LogP) is 7.64. The van der Waals surface area contributed by atoms with Gasteiger partial charge in [-0.1, -0.05) is 109 Å². The third-order valence-electron chi connectivity index (χ3n) is 7.73. The van der Waals surface area contributed by atoms with Gasteiger partial charge in [0.15, 0.2) is 12.1 Å². The van der Waals surface area contributed by atoms with Crippen molar-refractivity contribution in [1.29, 1.82) is 0 Å². The van der Waals surface area contributed by atoms with Crippen molar-refractivity contribution in [3.05, 3.63) is 126 Å². The highest BCUT2D eigenvalue weighted by molar-refractivity contribution is 7.99. The van der Waals surface area contributed by atoms with Crippen LogP contribution in [0.3, 0.4) is 0 Å². The lowest BCUT2D eigenvalue weighted by Gasteiger charge is -2.36. The zero-order chi connectivity index (χ0) is 32.6. The molecule has 240 valence electrons. The Hall–Kier alpha value is -4.74. The molecule has 0 aliphatic carbocycles. The van der Waals surface area contributed by atoms with Crippen molar-refractivity contribution in [3.63, 3.8) is 0 Å². The van der Waals surface area contributed by atoms with Gasteiger partial charge < -0.3 is 29.4 Å². The molecule has 47 heavy (non-hydrogen) atoms. The minimum absolute atomic E-state index is 0.0396. The lowest BCUT2D eigenvalue weighted by Crippen LogP contribution is -2.31. The summed E-state index contributed by atoms with van der Waals surface area (Å²) in [5.74, 6) is -0.120. The maximum atomic E-state index is 12.1. The second-order valence-corrected chi connectivity index (χ2v) is 12.1. The number of anilines is 1. The van der Waals surface area contributed by atoms with Crippen LogP contribution in [0.4, 0.5) is 5.69 Å². The van der Waals surface area contributed by atoms with Crippen molar-refractivity contribution in [2.75, 3.05) is 11.1 Å². The molecule has 10 heteroatoms. The molecule has 0 radical (unpaired) electrons. The van der Waals surface area contributed by atoms with Gasteiger partial charge in [0.1, 0.15) is 5.69 Å². The van der Waals surface area contributed by atoms with Crippen molar-refractivity contribution in [3.8, 4) is 22.6 Å². The van der Waals surface area contributed by atoms with E-state index in [0.717, 1.165) is 33.5 Å². The van der Waals surface area contributed by atoms with Crippen LogP contribution in [-0.2, 0) is 25.7 Å². The highest BCUT2D eigenvalue weighted by Crippen LogP contribution is 2.41. The number of carboxylic acids is 1. The lowest BCUT2D eigenvalue weighted by atomic mass is 10.0. The summed E-state index contributed by atoms with van der Waals surface area (Å²) in [7, 11) is 0. The molecule has 1 aliphatic heterocycles. The summed E-state index contributed by atoms with van der Waals surface area (Å²) in [6.45, 7) is -0.0396. The van der Waals surface area contributed by atoms with Gasteiger partial charge in [0.05, 0.1) is 25.2 Å². The molecule has 3 unspecified atom stereocenters. The predicted molar refractivity (Wildman–Crippen MR) is 178 cm³/mol. The number of aliphatic hydroxyl groups excluding tert-OH is 1. The molecule has 1 saturated heterocycles. The lowest BCUT2D eigenvalue weighted by molar-refractivity contribution is -0.245. The summed E-state index contributed by atoms with van der Waals surface area (Å²) in [5.41, 5.74) is 5.81. The molecule has 1 amide bonds. The Morgan fingerprint density at radius 1 is 0.809 bits per heavy atom. The number of carboxylic acid groups (broad SMARTS) is 1. The number of oxazole rings is 1. The normalized spacial score (nSPS) is 17.7. The molecule has 0 saturated carbocycles. The van der Waals surface area contributed by atoms with Gasteiger partial charge in [-0.15, -0.1) is 0 Å². The number of nitrogens with zero attached hydrogens (tertiary/aromatic N) is 1. The number of rotatable bonds is 12. The fourth-order valence-electron chi connectivity index (χ4n) is 5.29. The van der Waals surface area contributed by atoms with E-state index in [0.29, 0.717) is 28.8 Å². The third kappa shape index (κ3) is 8.35. The number of hydrogen-bond donors (Lipinski definition) is 3. The standard InChI is InChI=1S/C37H34N2O7S/c40-22-24-11-13-25(14-12-24)31-21-30(44-36(45-31)28-15-17-29(18-16-28)38-32(41)19-20-33(42)43)23-47-37-39-34(26-7-3-1-4-8-26)35(46-37)27-9-5-2-6-10-27/h1-18,30-31,36,40H,19-23H2,(H,38,41)(H,42,43). The molecule has 1 aromatic heterocycles. The maximum Gasteiger partial charge on any atom is 0.303 e. The fraction of sp³-hybridized carbons (Fsp3) is 0.216. The molecule has 3 N–H and O–H groups in total. The summed E-state index contributed by atoms with van der Waals surface area (Å²) in [6.07, 6.45) is -0.916. The number of carbonyl (C=O) groups is 2. The van der Waals surface area contributed by atoms with Gasteiger partial charge in [-0.3, -0.25) is 9.59 Å². The van der Waals surface area contributed by atoms with Gasteiger partial charge in [0.25, 0.3) is 5.22 Å². The van der Waals surface area contributed by atoms with E-state index in [4.69, 9.17) is 24.0 Å². The first-order valence-corrected chi connectivity index (χ1v) is 16.3. The maximum absolute atomic E-state index is 12.1. The van der Waals surface area contributed by atoms with E-state index in [-0.39, 0.29) is 37.6 Å². The third-order valence-corrected chi connectivity index (χ3v) is 8.69. The Morgan fingerprint density at radius 3 is 2.13 bits per heavy atom. The minimum atomic E-state index is -1.02. The summed E-state index contributed by atoms with van der Waals surface area (Å²) in [5, 5.41) is 21.6. The van der Waals surface area contributed by atoms with E-state index in [1.165, 1.54) is 11.8 Å². The Labute approximate surface area is 276 Å². The molecule has 1 fully saturated rings. The van der Waals surface area contributed by atoms with Crippen molar-refractivity contribution in [1.82, 2.24) is 4.98 Å². The Morgan fingerprint density at radius 2 is 1.47 bits per heavy atom. The highest BCUT2D eigenvalue weighted by atomic mass is 32.2. The number of aliphatic hydroxyl groups is 1.